The van der Waals surface area contributed by atoms with Crippen LogP contribution >= 0.6 is 0 Å². The highest BCUT2D eigenvalue weighted by atomic mass is 16.3. The molecule has 0 spiro atoms. The SMILES string of the molecule is CN[C@@H](C)C(=O)N[C@H](C(=O)N1CCN(C(=O)c2cccc(-c3cccc(C(=O)N4CCN(C(=O)[C@@H](NC(O)[C@H](C)NC)C(C)(C)C)[C@H](C(=O)N[C@@H]5CCCc6ccccc65)C4)c3)c2)C[C@H]1C(=O)N[C@@H]1CCCc2ccccc21)C(C)(C)C. The molecule has 4 aliphatic rings. The predicted molar refractivity (Wildman–Crippen MR) is 316 cm³/mol. The second kappa shape index (κ2) is 26.1. The van der Waals surface area contributed by atoms with E-state index in [0.717, 1.165) is 55.2 Å². The quantitative estimate of drug-likeness (QED) is 0.0730. The summed E-state index contributed by atoms with van der Waals surface area (Å²) in [6.07, 6.45) is 3.96. The van der Waals surface area contributed by atoms with E-state index in [-0.39, 0.29) is 92.8 Å². The molecule has 1 unspecified atom stereocenters. The summed E-state index contributed by atoms with van der Waals surface area (Å²) in [5.74, 6) is -2.53. The molecule has 2 aliphatic carbocycles. The first-order chi connectivity index (χ1) is 39.0. The number of rotatable bonds is 16. The molecule has 4 aromatic carbocycles. The molecule has 9 atom stereocenters. The minimum atomic E-state index is -1.07. The van der Waals surface area contributed by atoms with Gasteiger partial charge in [-0.15, -0.1) is 0 Å². The minimum absolute atomic E-state index is 0.0460. The first kappa shape index (κ1) is 61.1. The number of benzene rings is 4. The molecule has 7 amide bonds. The zero-order chi connectivity index (χ0) is 59.2. The normalized spacial score (nSPS) is 21.2. The van der Waals surface area contributed by atoms with Gasteiger partial charge >= 0.3 is 0 Å². The van der Waals surface area contributed by atoms with E-state index in [4.69, 9.17) is 0 Å². The van der Waals surface area contributed by atoms with Crippen LogP contribution in [0.3, 0.4) is 0 Å². The fourth-order valence-corrected chi connectivity index (χ4v) is 11.8. The molecule has 2 aliphatic heterocycles. The fourth-order valence-electron chi connectivity index (χ4n) is 11.8. The summed E-state index contributed by atoms with van der Waals surface area (Å²) >= 11 is 0. The van der Waals surface area contributed by atoms with Gasteiger partial charge < -0.3 is 51.3 Å². The molecule has 0 aromatic heterocycles. The number of nitrogens with one attached hydrogen (secondary N) is 6. The molecule has 18 heteroatoms. The lowest BCUT2D eigenvalue weighted by molar-refractivity contribution is -0.148. The number of hydrogen-bond acceptors (Lipinski definition) is 11. The molecular formula is C64H86N10O8. The number of likely N-dealkylation sites (N-methyl/N-ethyl adjacent to an activating group) is 2. The third-order valence-electron chi connectivity index (χ3n) is 17.0. The third-order valence-corrected chi connectivity index (χ3v) is 17.0. The van der Waals surface area contributed by atoms with Crippen LogP contribution in [0.5, 0.6) is 0 Å². The van der Waals surface area contributed by atoms with Crippen LogP contribution in [0.1, 0.15) is 136 Å². The molecule has 440 valence electrons. The highest BCUT2D eigenvalue weighted by molar-refractivity contribution is 6.00. The summed E-state index contributed by atoms with van der Waals surface area (Å²) in [6.45, 7) is 15.1. The number of carbonyl (C=O) groups excluding carboxylic acids is 7. The van der Waals surface area contributed by atoms with Gasteiger partial charge in [0.05, 0.1) is 37.3 Å². The molecule has 7 N–H and O–H groups in total. The van der Waals surface area contributed by atoms with E-state index < -0.39 is 53.2 Å². The molecule has 2 heterocycles. The summed E-state index contributed by atoms with van der Waals surface area (Å²) in [4.78, 5) is 108. The van der Waals surface area contributed by atoms with Crippen LogP contribution in [0.4, 0.5) is 0 Å². The van der Waals surface area contributed by atoms with Crippen LogP contribution in [0.25, 0.3) is 11.1 Å². The molecule has 4 aromatic rings. The van der Waals surface area contributed by atoms with Gasteiger partial charge in [0.25, 0.3) is 11.8 Å². The first-order valence-electron chi connectivity index (χ1n) is 29.2. The zero-order valence-corrected chi connectivity index (χ0v) is 49.5. The van der Waals surface area contributed by atoms with Crippen molar-refractivity contribution < 1.29 is 38.7 Å². The maximum atomic E-state index is 14.8. The number of aliphatic hydroxyl groups is 1. The van der Waals surface area contributed by atoms with E-state index in [1.807, 2.05) is 90.1 Å². The smallest absolute Gasteiger partial charge is 0.254 e. The lowest BCUT2D eigenvalue weighted by Crippen LogP contribution is -2.67. The van der Waals surface area contributed by atoms with Crippen LogP contribution < -0.4 is 31.9 Å². The van der Waals surface area contributed by atoms with Gasteiger partial charge in [-0.2, -0.15) is 0 Å². The number of aliphatic hydroxyl groups excluding tert-OH is 1. The molecule has 0 saturated carbocycles. The summed E-state index contributed by atoms with van der Waals surface area (Å²) in [6, 6.07) is 24.8. The van der Waals surface area contributed by atoms with E-state index in [1.165, 1.54) is 10.5 Å². The van der Waals surface area contributed by atoms with Crippen LogP contribution in [0.2, 0.25) is 0 Å². The lowest BCUT2D eigenvalue weighted by atomic mass is 9.84. The van der Waals surface area contributed by atoms with E-state index in [9.17, 15) is 38.7 Å². The van der Waals surface area contributed by atoms with Crippen molar-refractivity contribution in [3.05, 3.63) is 130 Å². The second-order valence-corrected chi connectivity index (χ2v) is 24.9. The van der Waals surface area contributed by atoms with Gasteiger partial charge in [-0.1, -0.05) is 114 Å². The van der Waals surface area contributed by atoms with Gasteiger partial charge in [-0.25, -0.2) is 0 Å². The van der Waals surface area contributed by atoms with E-state index in [2.05, 4.69) is 44.0 Å². The van der Waals surface area contributed by atoms with E-state index >= 15 is 0 Å². The standard InChI is InChI=1S/C64H86N10O8/c1-39(65-9)55(75)69-53(63(3,4)5)61(81)73-33-31-71(37-51(73)57(77)67-49-29-17-21-41-19-11-13-27-47(41)49)59(79)45-25-15-23-43(35-45)44-24-16-26-46(36-44)60(80)72-32-34-74(62(82)54(64(6,7)8)70-56(76)40(2)66-10)52(38-72)58(78)68-50-30-18-22-42-20-12-14-28-48(42)50/h11-16,19-20,23-28,35-36,39-40,49-55,65-66,69,75H,17-18,21-22,29-34,37-38H2,1-10H3,(H,67,77)(H,68,78)(H,70,76)/t39-,40-,49+,50+,51-,52-,53+,54+,55?/m0/s1. The second-order valence-electron chi connectivity index (χ2n) is 24.9. The van der Waals surface area contributed by atoms with Gasteiger partial charge in [0.1, 0.15) is 24.4 Å². The molecule has 0 radical (unpaired) electrons. The topological polar surface area (TPSA) is 225 Å². The highest BCUT2D eigenvalue weighted by Gasteiger charge is 2.46. The average Bonchev–Trinajstić information content (AvgIpc) is 3.52. The van der Waals surface area contributed by atoms with Crippen LogP contribution in [0, 0.1) is 10.8 Å². The predicted octanol–water partition coefficient (Wildman–Crippen LogP) is 5.12. The van der Waals surface area contributed by atoms with Crippen molar-refractivity contribution in [3.8, 4) is 11.1 Å². The maximum absolute atomic E-state index is 14.8. The van der Waals surface area contributed by atoms with Crippen molar-refractivity contribution in [2.24, 2.45) is 10.8 Å². The van der Waals surface area contributed by atoms with Gasteiger partial charge in [0.15, 0.2) is 0 Å². The maximum Gasteiger partial charge on any atom is 0.254 e. The third kappa shape index (κ3) is 13.9. The number of nitrogens with zero attached hydrogens (tertiary/aromatic N) is 4. The molecular weight excluding hydrogens is 1040 g/mol. The van der Waals surface area contributed by atoms with E-state index in [1.54, 1.807) is 79.0 Å². The Balaban J connectivity index is 1.03. The molecule has 2 fully saturated rings. The summed E-state index contributed by atoms with van der Waals surface area (Å²) in [7, 11) is 3.39. The van der Waals surface area contributed by atoms with Crippen LogP contribution in [-0.4, -0.2) is 162 Å². The van der Waals surface area contributed by atoms with Gasteiger partial charge in [0, 0.05) is 43.3 Å². The van der Waals surface area contributed by atoms with Crippen molar-refractivity contribution in [2.45, 2.75) is 148 Å². The van der Waals surface area contributed by atoms with Crippen molar-refractivity contribution in [3.63, 3.8) is 0 Å². The highest BCUT2D eigenvalue weighted by Crippen LogP contribution is 2.33. The van der Waals surface area contributed by atoms with Crippen molar-refractivity contribution in [1.29, 1.82) is 0 Å². The Bertz CT molecular complexity index is 2990. The van der Waals surface area contributed by atoms with Crippen LogP contribution in [0.15, 0.2) is 97.1 Å². The Morgan fingerprint density at radius 1 is 0.561 bits per heavy atom. The lowest BCUT2D eigenvalue weighted by Gasteiger charge is -2.44. The van der Waals surface area contributed by atoms with Gasteiger partial charge in [0.2, 0.25) is 29.5 Å². The van der Waals surface area contributed by atoms with Gasteiger partial charge in [-0.3, -0.25) is 38.9 Å². The zero-order valence-electron chi connectivity index (χ0n) is 49.5. The Morgan fingerprint density at radius 2 is 1.00 bits per heavy atom. The van der Waals surface area contributed by atoms with Crippen LogP contribution in [-0.2, 0) is 36.8 Å². The van der Waals surface area contributed by atoms with Gasteiger partial charge in [-0.05, 0) is 135 Å². The monoisotopic (exact) mass is 1120 g/mol. The summed E-state index contributed by atoms with van der Waals surface area (Å²) in [5, 5.41) is 29.7. The molecule has 8 rings (SSSR count). The molecule has 18 nitrogen and oxygen atoms in total. The first-order valence-corrected chi connectivity index (χ1v) is 29.2. The van der Waals surface area contributed by atoms with Crippen molar-refractivity contribution in [2.75, 3.05) is 53.4 Å². The largest absolute Gasteiger partial charge is 0.377 e. The summed E-state index contributed by atoms with van der Waals surface area (Å²) < 4.78 is 0. The number of fused-ring (bicyclic) bond motifs is 2. The molecule has 82 heavy (non-hydrogen) atoms. The number of piperazine rings is 2. The number of hydrogen-bond donors (Lipinski definition) is 7. The average molecular weight is 1120 g/mol. The Hall–Kier alpha value is -6.99. The Labute approximate surface area is 483 Å². The molecule has 2 saturated heterocycles. The molecule has 0 bridgehead atoms. The Morgan fingerprint density at radius 3 is 1.43 bits per heavy atom. The van der Waals surface area contributed by atoms with E-state index in [0.29, 0.717) is 22.3 Å². The Kier molecular flexibility index (Phi) is 19.4. The number of carbonyl (C=O) groups is 7. The number of amides is 7. The van der Waals surface area contributed by atoms with Crippen molar-refractivity contribution in [1.82, 2.24) is 51.5 Å². The minimum Gasteiger partial charge on any atom is -0.377 e. The number of aryl methyl sites for hydroxylation is 2. The summed E-state index contributed by atoms with van der Waals surface area (Å²) in [5.41, 5.74) is 5.05. The fraction of sp³-hybridized carbons (Fsp3) is 0.516. The van der Waals surface area contributed by atoms with Crippen molar-refractivity contribution >= 4 is 41.4 Å².